The van der Waals surface area contributed by atoms with Crippen molar-refractivity contribution in [1.29, 1.82) is 0 Å². The lowest BCUT2D eigenvalue weighted by Gasteiger charge is -2.31. The molecular weight excluding hydrogens is 252 g/mol. The molecule has 2 aliphatic rings. The van der Waals surface area contributed by atoms with E-state index in [4.69, 9.17) is 5.73 Å². The molecule has 0 aliphatic carbocycles. The van der Waals surface area contributed by atoms with Crippen LogP contribution in [0, 0.1) is 0 Å². The molecule has 1 atom stereocenters. The normalized spacial score (nSPS) is 25.1. The van der Waals surface area contributed by atoms with Gasteiger partial charge in [-0.3, -0.25) is 5.10 Å². The number of likely N-dealkylation sites (tertiary alicyclic amines) is 1. The van der Waals surface area contributed by atoms with Gasteiger partial charge in [0.25, 0.3) is 0 Å². The van der Waals surface area contributed by atoms with Gasteiger partial charge in [-0.2, -0.15) is 5.10 Å². The molecule has 2 saturated heterocycles. The smallest absolute Gasteiger partial charge is 0.150 e. The summed E-state index contributed by atoms with van der Waals surface area (Å²) in [5, 5.41) is 11.2. The Morgan fingerprint density at radius 2 is 2.15 bits per heavy atom. The van der Waals surface area contributed by atoms with Crippen molar-refractivity contribution < 1.29 is 0 Å². The van der Waals surface area contributed by atoms with Crippen LogP contribution in [-0.4, -0.2) is 67.5 Å². The predicted octanol–water partition coefficient (Wildman–Crippen LogP) is -0.0426. The Balaban J connectivity index is 1.63. The molecule has 0 radical (unpaired) electrons. The van der Waals surface area contributed by atoms with Crippen LogP contribution in [0.25, 0.3) is 0 Å². The summed E-state index contributed by atoms with van der Waals surface area (Å²) in [7, 11) is 0. The van der Waals surface area contributed by atoms with Gasteiger partial charge in [-0.15, -0.1) is 0 Å². The van der Waals surface area contributed by atoms with Crippen LogP contribution in [0.1, 0.15) is 24.5 Å². The van der Waals surface area contributed by atoms with Crippen LogP contribution in [0.5, 0.6) is 0 Å². The standard InChI is InChI=1S/C14H26N6/c15-3-7-19-6-1-2-12(11-19)13-10-14(18-17-13)20-8-4-16-5-9-20/h10,12,16H,1-9,11,15H2,(H,17,18). The zero-order valence-corrected chi connectivity index (χ0v) is 12.1. The van der Waals surface area contributed by atoms with E-state index in [0.717, 1.165) is 51.6 Å². The fourth-order valence-corrected chi connectivity index (χ4v) is 3.29. The number of hydrogen-bond acceptors (Lipinski definition) is 5. The molecule has 0 spiro atoms. The Bertz CT molecular complexity index is 410. The van der Waals surface area contributed by atoms with E-state index in [9.17, 15) is 0 Å². The average molecular weight is 278 g/mol. The second-order valence-electron chi connectivity index (χ2n) is 5.85. The van der Waals surface area contributed by atoms with Crippen LogP contribution >= 0.6 is 0 Å². The Morgan fingerprint density at radius 1 is 1.30 bits per heavy atom. The Kier molecular flexibility index (Phi) is 4.54. The molecule has 6 nitrogen and oxygen atoms in total. The van der Waals surface area contributed by atoms with Crippen molar-refractivity contribution in [3.8, 4) is 0 Å². The molecule has 3 heterocycles. The summed E-state index contributed by atoms with van der Waals surface area (Å²) in [5.41, 5.74) is 6.96. The van der Waals surface area contributed by atoms with Crippen LogP contribution in [0.15, 0.2) is 6.07 Å². The highest BCUT2D eigenvalue weighted by atomic mass is 15.3. The van der Waals surface area contributed by atoms with Gasteiger partial charge >= 0.3 is 0 Å². The number of nitrogens with zero attached hydrogens (tertiary/aromatic N) is 3. The van der Waals surface area contributed by atoms with Crippen molar-refractivity contribution in [2.45, 2.75) is 18.8 Å². The molecule has 20 heavy (non-hydrogen) atoms. The number of piperidine rings is 1. The third kappa shape index (κ3) is 3.13. The minimum atomic E-state index is 0.583. The van der Waals surface area contributed by atoms with Crippen molar-refractivity contribution in [3.63, 3.8) is 0 Å². The first-order valence-corrected chi connectivity index (χ1v) is 7.80. The molecular formula is C14H26N6. The number of hydrogen-bond donors (Lipinski definition) is 3. The fraction of sp³-hybridized carbons (Fsp3) is 0.786. The van der Waals surface area contributed by atoms with Gasteiger partial charge in [0.1, 0.15) is 0 Å². The van der Waals surface area contributed by atoms with Crippen LogP contribution in [0.4, 0.5) is 5.82 Å². The summed E-state index contributed by atoms with van der Waals surface area (Å²) < 4.78 is 0. The maximum Gasteiger partial charge on any atom is 0.150 e. The second-order valence-corrected chi connectivity index (χ2v) is 5.85. The summed E-state index contributed by atoms with van der Waals surface area (Å²) in [4.78, 5) is 4.83. The SMILES string of the molecule is NCCN1CCCC(c2cc(N3CCNCC3)n[nH]2)C1. The summed E-state index contributed by atoms with van der Waals surface area (Å²) in [6, 6.07) is 2.25. The largest absolute Gasteiger partial charge is 0.353 e. The third-order valence-corrected chi connectivity index (χ3v) is 4.42. The molecule has 112 valence electrons. The van der Waals surface area contributed by atoms with Crippen molar-refractivity contribution in [3.05, 3.63) is 11.8 Å². The van der Waals surface area contributed by atoms with Gasteiger partial charge in [0.05, 0.1) is 0 Å². The Hall–Kier alpha value is -1.11. The molecule has 1 unspecified atom stereocenters. The minimum Gasteiger partial charge on any atom is -0.353 e. The van der Waals surface area contributed by atoms with Crippen LogP contribution in [0.3, 0.4) is 0 Å². The molecule has 0 saturated carbocycles. The number of H-pyrrole nitrogens is 1. The van der Waals surface area contributed by atoms with Gasteiger partial charge in [0.2, 0.25) is 0 Å². The van der Waals surface area contributed by atoms with E-state index in [0.29, 0.717) is 5.92 Å². The molecule has 0 aromatic carbocycles. The summed E-state index contributed by atoms with van der Waals surface area (Å²) >= 11 is 0. The van der Waals surface area contributed by atoms with E-state index in [1.807, 2.05) is 0 Å². The molecule has 2 fully saturated rings. The Morgan fingerprint density at radius 3 is 2.95 bits per heavy atom. The predicted molar refractivity (Wildman–Crippen MR) is 81.1 cm³/mol. The molecule has 0 amide bonds. The van der Waals surface area contributed by atoms with Crippen molar-refractivity contribution in [2.24, 2.45) is 5.73 Å². The number of nitrogens with one attached hydrogen (secondary N) is 2. The van der Waals surface area contributed by atoms with Gasteiger partial charge in [0.15, 0.2) is 5.82 Å². The zero-order valence-electron chi connectivity index (χ0n) is 12.1. The molecule has 1 aromatic heterocycles. The lowest BCUT2D eigenvalue weighted by atomic mass is 9.95. The van der Waals surface area contributed by atoms with E-state index >= 15 is 0 Å². The van der Waals surface area contributed by atoms with Crippen molar-refractivity contribution in [2.75, 3.05) is 57.3 Å². The Labute approximate surface area is 120 Å². The van der Waals surface area contributed by atoms with Crippen molar-refractivity contribution in [1.82, 2.24) is 20.4 Å². The van der Waals surface area contributed by atoms with E-state index in [1.165, 1.54) is 25.1 Å². The first-order chi connectivity index (χ1) is 9.86. The average Bonchev–Trinajstić information content (AvgIpc) is 2.99. The van der Waals surface area contributed by atoms with Crippen LogP contribution < -0.4 is 16.0 Å². The van der Waals surface area contributed by atoms with Gasteiger partial charge in [0, 0.05) is 63.5 Å². The molecule has 0 bridgehead atoms. The van der Waals surface area contributed by atoms with Gasteiger partial charge in [-0.25, -0.2) is 0 Å². The third-order valence-electron chi connectivity index (χ3n) is 4.42. The first kappa shape index (κ1) is 13.9. The molecule has 4 N–H and O–H groups in total. The zero-order chi connectivity index (χ0) is 13.8. The quantitative estimate of drug-likeness (QED) is 0.720. The first-order valence-electron chi connectivity index (χ1n) is 7.80. The summed E-state index contributed by atoms with van der Waals surface area (Å²) in [6.45, 7) is 8.26. The highest BCUT2D eigenvalue weighted by Crippen LogP contribution is 2.27. The monoisotopic (exact) mass is 278 g/mol. The lowest BCUT2D eigenvalue weighted by Crippen LogP contribution is -2.43. The number of aromatic amines is 1. The molecule has 3 rings (SSSR count). The van der Waals surface area contributed by atoms with E-state index in [1.54, 1.807) is 0 Å². The molecule has 6 heteroatoms. The number of aromatic nitrogens is 2. The molecule has 1 aromatic rings. The van der Waals surface area contributed by atoms with E-state index in [2.05, 4.69) is 31.4 Å². The van der Waals surface area contributed by atoms with Crippen molar-refractivity contribution >= 4 is 5.82 Å². The molecule has 2 aliphatic heterocycles. The lowest BCUT2D eigenvalue weighted by molar-refractivity contribution is 0.211. The summed E-state index contributed by atoms with van der Waals surface area (Å²) in [6.07, 6.45) is 2.51. The highest BCUT2D eigenvalue weighted by Gasteiger charge is 2.23. The number of piperazine rings is 1. The van der Waals surface area contributed by atoms with E-state index < -0.39 is 0 Å². The van der Waals surface area contributed by atoms with Gasteiger partial charge in [-0.05, 0) is 19.4 Å². The highest BCUT2D eigenvalue weighted by molar-refractivity contribution is 5.40. The maximum atomic E-state index is 5.67. The summed E-state index contributed by atoms with van der Waals surface area (Å²) in [5.74, 6) is 1.69. The number of rotatable bonds is 4. The second kappa shape index (κ2) is 6.56. The number of nitrogens with two attached hydrogens (primary N) is 1. The van der Waals surface area contributed by atoms with Gasteiger partial charge in [-0.1, -0.05) is 0 Å². The van der Waals surface area contributed by atoms with Crippen LogP contribution in [0.2, 0.25) is 0 Å². The van der Waals surface area contributed by atoms with Crippen LogP contribution in [-0.2, 0) is 0 Å². The fourth-order valence-electron chi connectivity index (χ4n) is 3.29. The topological polar surface area (TPSA) is 73.2 Å². The van der Waals surface area contributed by atoms with E-state index in [-0.39, 0.29) is 0 Å². The van der Waals surface area contributed by atoms with Gasteiger partial charge < -0.3 is 20.9 Å². The maximum absolute atomic E-state index is 5.67. The minimum absolute atomic E-state index is 0.583. The number of anilines is 1.